The number of nitrogens with zero attached hydrogens (tertiary/aromatic N) is 4. The number of methoxy groups -OCH3 is 2. The van der Waals surface area contributed by atoms with Gasteiger partial charge in [-0.1, -0.05) is 15.9 Å². The lowest BCUT2D eigenvalue weighted by Crippen LogP contribution is -2.31. The second-order valence-corrected chi connectivity index (χ2v) is 8.68. The van der Waals surface area contributed by atoms with E-state index in [0.717, 1.165) is 4.47 Å². The van der Waals surface area contributed by atoms with Gasteiger partial charge in [0.05, 0.1) is 26.3 Å². The fraction of sp³-hybridized carbons (Fsp3) is 0.160. The number of nitrogens with one attached hydrogen (secondary N) is 1. The Kier molecular flexibility index (Phi) is 6.73. The summed E-state index contributed by atoms with van der Waals surface area (Å²) < 4.78 is 24.1. The van der Waals surface area contributed by atoms with E-state index in [4.69, 9.17) is 18.6 Å². The number of hydrogen-bond acceptors (Lipinski definition) is 9. The summed E-state index contributed by atoms with van der Waals surface area (Å²) in [6.07, 6.45) is 0. The van der Waals surface area contributed by atoms with E-state index in [1.54, 1.807) is 62.8 Å². The molecule has 37 heavy (non-hydrogen) atoms. The number of amides is 1. The van der Waals surface area contributed by atoms with E-state index in [1.807, 2.05) is 0 Å². The Morgan fingerprint density at radius 1 is 1.05 bits per heavy atom. The molecule has 1 amide bonds. The van der Waals surface area contributed by atoms with Crippen LogP contribution in [0.15, 0.2) is 68.3 Å². The summed E-state index contributed by atoms with van der Waals surface area (Å²) >= 11 is 3.37. The van der Waals surface area contributed by atoms with Crippen LogP contribution in [0.5, 0.6) is 17.4 Å². The monoisotopic (exact) mass is 565 g/mol. The predicted octanol–water partition coefficient (Wildman–Crippen LogP) is 3.49. The highest BCUT2D eigenvalue weighted by molar-refractivity contribution is 9.10. The standard InChI is InChI=1S/C25H20BrN5O6/c1-34-16-4-6-20(35-2)17(13-16)23-29-28-21-7-8-22(30-31(21)23)36-10-9-27-24(32)18-12-14-11-15(26)3-5-19(14)37-25(18)33/h3-8,11-13H,9-10H2,1-2H3,(H,27,32). The van der Waals surface area contributed by atoms with Crippen LogP contribution in [0.4, 0.5) is 0 Å². The van der Waals surface area contributed by atoms with Crippen LogP contribution >= 0.6 is 15.9 Å². The van der Waals surface area contributed by atoms with Gasteiger partial charge in [-0.25, -0.2) is 4.79 Å². The Balaban J connectivity index is 1.28. The molecule has 0 spiro atoms. The summed E-state index contributed by atoms with van der Waals surface area (Å²) in [5.41, 5.74) is 0.747. The van der Waals surface area contributed by atoms with Crippen LogP contribution in [-0.2, 0) is 0 Å². The van der Waals surface area contributed by atoms with E-state index in [9.17, 15) is 9.59 Å². The molecule has 0 radical (unpaired) electrons. The number of benzene rings is 2. The van der Waals surface area contributed by atoms with Crippen molar-refractivity contribution in [2.24, 2.45) is 0 Å². The molecule has 0 aliphatic heterocycles. The summed E-state index contributed by atoms with van der Waals surface area (Å²) in [6.45, 7) is 0.238. The van der Waals surface area contributed by atoms with Crippen LogP contribution in [0.25, 0.3) is 28.0 Å². The number of halogens is 1. The van der Waals surface area contributed by atoms with Gasteiger partial charge in [0.2, 0.25) is 5.88 Å². The smallest absolute Gasteiger partial charge is 0.349 e. The molecule has 5 rings (SSSR count). The lowest BCUT2D eigenvalue weighted by Gasteiger charge is -2.10. The third-order valence-corrected chi connectivity index (χ3v) is 5.96. The first kappa shape index (κ1) is 24.3. The van der Waals surface area contributed by atoms with Crippen LogP contribution in [0.2, 0.25) is 0 Å². The van der Waals surface area contributed by atoms with Gasteiger partial charge in [-0.3, -0.25) is 4.79 Å². The van der Waals surface area contributed by atoms with Crippen molar-refractivity contribution in [2.75, 3.05) is 27.4 Å². The number of aromatic nitrogens is 4. The van der Waals surface area contributed by atoms with Crippen molar-refractivity contribution < 1.29 is 23.4 Å². The molecule has 12 heteroatoms. The van der Waals surface area contributed by atoms with Gasteiger partial charge in [0, 0.05) is 15.9 Å². The molecular formula is C25H20BrN5O6. The average Bonchev–Trinajstić information content (AvgIpc) is 3.33. The lowest BCUT2D eigenvalue weighted by molar-refractivity contribution is 0.0943. The maximum Gasteiger partial charge on any atom is 0.349 e. The number of carbonyl (C=O) groups is 1. The minimum absolute atomic E-state index is 0.0912. The normalized spacial score (nSPS) is 11.0. The first-order chi connectivity index (χ1) is 18.0. The number of ether oxygens (including phenoxy) is 3. The first-order valence-electron chi connectivity index (χ1n) is 11.1. The Hall–Kier alpha value is -4.45. The quantitative estimate of drug-likeness (QED) is 0.222. The molecule has 0 bridgehead atoms. The summed E-state index contributed by atoms with van der Waals surface area (Å²) in [5, 5.41) is 16.2. The Morgan fingerprint density at radius 2 is 1.92 bits per heavy atom. The summed E-state index contributed by atoms with van der Waals surface area (Å²) in [5.74, 6) is 1.38. The second kappa shape index (κ2) is 10.3. The van der Waals surface area contributed by atoms with Gasteiger partial charge < -0.3 is 23.9 Å². The minimum atomic E-state index is -0.714. The maximum atomic E-state index is 12.6. The van der Waals surface area contributed by atoms with Crippen molar-refractivity contribution in [1.82, 2.24) is 25.1 Å². The average molecular weight is 566 g/mol. The van der Waals surface area contributed by atoms with E-state index in [1.165, 1.54) is 10.6 Å². The summed E-state index contributed by atoms with van der Waals surface area (Å²) in [7, 11) is 3.13. The minimum Gasteiger partial charge on any atom is -0.497 e. The highest BCUT2D eigenvalue weighted by Gasteiger charge is 2.17. The third kappa shape index (κ3) is 4.96. The molecule has 11 nitrogen and oxygen atoms in total. The van der Waals surface area contributed by atoms with Crippen molar-refractivity contribution in [3.05, 3.63) is 75.1 Å². The predicted molar refractivity (Wildman–Crippen MR) is 137 cm³/mol. The Morgan fingerprint density at radius 3 is 2.73 bits per heavy atom. The topological polar surface area (TPSA) is 130 Å². The molecule has 2 aromatic carbocycles. The zero-order valence-corrected chi connectivity index (χ0v) is 21.3. The second-order valence-electron chi connectivity index (χ2n) is 7.77. The van der Waals surface area contributed by atoms with Crippen LogP contribution < -0.4 is 25.2 Å². The van der Waals surface area contributed by atoms with Crippen molar-refractivity contribution >= 4 is 38.5 Å². The fourth-order valence-corrected chi connectivity index (χ4v) is 4.05. The highest BCUT2D eigenvalue weighted by Crippen LogP contribution is 2.32. The molecular weight excluding hydrogens is 546 g/mol. The lowest BCUT2D eigenvalue weighted by atomic mass is 10.2. The molecule has 188 valence electrons. The molecule has 0 aliphatic carbocycles. The van der Waals surface area contributed by atoms with Gasteiger partial charge in [0.25, 0.3) is 5.91 Å². The van der Waals surface area contributed by atoms with Crippen LogP contribution in [0.1, 0.15) is 10.4 Å². The largest absolute Gasteiger partial charge is 0.497 e. The van der Waals surface area contributed by atoms with Crippen molar-refractivity contribution in [2.45, 2.75) is 0 Å². The van der Waals surface area contributed by atoms with E-state index < -0.39 is 11.5 Å². The molecule has 1 N–H and O–H groups in total. The van der Waals surface area contributed by atoms with Crippen molar-refractivity contribution in [1.29, 1.82) is 0 Å². The first-order valence-corrected chi connectivity index (χ1v) is 11.9. The molecule has 0 saturated carbocycles. The SMILES string of the molecule is COc1ccc(OC)c(-c2nnc3ccc(OCCNC(=O)c4cc5cc(Br)ccc5oc4=O)nn23)c1. The van der Waals surface area contributed by atoms with E-state index in [-0.39, 0.29) is 18.7 Å². The van der Waals surface area contributed by atoms with Gasteiger partial charge in [-0.2, -0.15) is 4.52 Å². The van der Waals surface area contributed by atoms with E-state index >= 15 is 0 Å². The van der Waals surface area contributed by atoms with Crippen LogP contribution in [0, 0.1) is 0 Å². The summed E-state index contributed by atoms with van der Waals surface area (Å²) in [6, 6.07) is 15.4. The van der Waals surface area contributed by atoms with Crippen LogP contribution in [0.3, 0.4) is 0 Å². The number of hydrogen-bond donors (Lipinski definition) is 1. The van der Waals surface area contributed by atoms with Crippen molar-refractivity contribution in [3.63, 3.8) is 0 Å². The number of rotatable bonds is 8. The molecule has 0 fully saturated rings. The zero-order chi connectivity index (χ0) is 25.9. The Bertz CT molecular complexity index is 1680. The van der Waals surface area contributed by atoms with Crippen molar-refractivity contribution in [3.8, 4) is 28.8 Å². The maximum absolute atomic E-state index is 12.6. The highest BCUT2D eigenvalue weighted by atomic mass is 79.9. The fourth-order valence-electron chi connectivity index (χ4n) is 3.67. The number of carbonyl (C=O) groups excluding carboxylic acids is 1. The molecule has 0 unspecified atom stereocenters. The molecule has 0 aliphatic rings. The van der Waals surface area contributed by atoms with Gasteiger partial charge in [0.15, 0.2) is 11.5 Å². The van der Waals surface area contributed by atoms with Crippen LogP contribution in [-0.4, -0.2) is 53.1 Å². The zero-order valence-electron chi connectivity index (χ0n) is 19.7. The van der Waals surface area contributed by atoms with Gasteiger partial charge in [-0.15, -0.1) is 15.3 Å². The Labute approximate surface area is 218 Å². The van der Waals surface area contributed by atoms with E-state index in [0.29, 0.717) is 45.4 Å². The van der Waals surface area contributed by atoms with Gasteiger partial charge in [0.1, 0.15) is 29.3 Å². The molecule has 3 heterocycles. The van der Waals surface area contributed by atoms with Gasteiger partial charge >= 0.3 is 5.63 Å². The molecule has 5 aromatic rings. The van der Waals surface area contributed by atoms with Gasteiger partial charge in [-0.05, 0) is 48.5 Å². The number of fused-ring (bicyclic) bond motifs is 2. The molecule has 0 atom stereocenters. The molecule has 0 saturated heterocycles. The summed E-state index contributed by atoms with van der Waals surface area (Å²) in [4.78, 5) is 24.8. The molecule has 3 aromatic heterocycles. The van der Waals surface area contributed by atoms with E-state index in [2.05, 4.69) is 36.5 Å². The third-order valence-electron chi connectivity index (χ3n) is 5.46.